The van der Waals surface area contributed by atoms with Crippen LogP contribution in [0.15, 0.2) is 6.07 Å². The summed E-state index contributed by atoms with van der Waals surface area (Å²) in [5.74, 6) is 1.73. The predicted molar refractivity (Wildman–Crippen MR) is 80.8 cm³/mol. The van der Waals surface area contributed by atoms with Gasteiger partial charge in [0.15, 0.2) is 0 Å². The summed E-state index contributed by atoms with van der Waals surface area (Å²) in [6.45, 7) is 10.9. The average molecular weight is 281 g/mol. The average Bonchev–Trinajstić information content (AvgIpc) is 2.36. The summed E-state index contributed by atoms with van der Waals surface area (Å²) >= 11 is 0. The third-order valence-corrected chi connectivity index (χ3v) is 3.26. The molecule has 0 aliphatic heterocycles. The lowest BCUT2D eigenvalue weighted by Gasteiger charge is -2.23. The summed E-state index contributed by atoms with van der Waals surface area (Å²) in [5.41, 5.74) is 0.741. The number of hydrogen-bond acceptors (Lipinski definition) is 5. The van der Waals surface area contributed by atoms with Crippen molar-refractivity contribution >= 4 is 5.82 Å². The molecule has 2 atom stereocenters. The zero-order valence-corrected chi connectivity index (χ0v) is 13.4. The third kappa shape index (κ3) is 4.72. The van der Waals surface area contributed by atoms with E-state index in [0.29, 0.717) is 6.61 Å². The van der Waals surface area contributed by atoms with Crippen LogP contribution in [0.2, 0.25) is 0 Å². The molecular formula is C15H27N3O2. The van der Waals surface area contributed by atoms with E-state index in [9.17, 15) is 5.11 Å². The summed E-state index contributed by atoms with van der Waals surface area (Å²) in [6.07, 6.45) is 0. The number of rotatable bonds is 6. The lowest BCUT2D eigenvalue weighted by Crippen LogP contribution is -2.28. The van der Waals surface area contributed by atoms with Crippen molar-refractivity contribution in [2.75, 3.05) is 19.0 Å². The first kappa shape index (κ1) is 16.9. The molecule has 1 heterocycles. The van der Waals surface area contributed by atoms with Crippen molar-refractivity contribution < 1.29 is 9.84 Å². The molecule has 0 aliphatic carbocycles. The van der Waals surface area contributed by atoms with Gasteiger partial charge in [-0.15, -0.1) is 0 Å². The van der Waals surface area contributed by atoms with E-state index < -0.39 is 0 Å². The molecule has 1 rings (SSSR count). The van der Waals surface area contributed by atoms with Crippen LogP contribution >= 0.6 is 0 Å². The molecule has 5 heteroatoms. The van der Waals surface area contributed by atoms with Crippen LogP contribution in [0.5, 0.6) is 0 Å². The molecule has 0 spiro atoms. The van der Waals surface area contributed by atoms with Crippen LogP contribution in [0.25, 0.3) is 0 Å². The van der Waals surface area contributed by atoms with Crippen LogP contribution in [0.4, 0.5) is 5.82 Å². The fraction of sp³-hybridized carbons (Fsp3) is 0.733. The monoisotopic (exact) mass is 281 g/mol. The van der Waals surface area contributed by atoms with Gasteiger partial charge in [-0.25, -0.2) is 9.97 Å². The van der Waals surface area contributed by atoms with Crippen molar-refractivity contribution in [1.29, 1.82) is 0 Å². The van der Waals surface area contributed by atoms with Crippen molar-refractivity contribution in [2.24, 2.45) is 5.92 Å². The molecule has 0 aliphatic rings. The molecule has 2 unspecified atom stereocenters. The van der Waals surface area contributed by atoms with E-state index >= 15 is 0 Å². The molecule has 0 aromatic carbocycles. The van der Waals surface area contributed by atoms with Gasteiger partial charge in [0.05, 0.1) is 12.3 Å². The number of ether oxygens (including phenoxy) is 1. The van der Waals surface area contributed by atoms with Gasteiger partial charge in [0.25, 0.3) is 0 Å². The molecule has 0 saturated carbocycles. The highest BCUT2D eigenvalue weighted by molar-refractivity contribution is 5.38. The predicted octanol–water partition coefficient (Wildman–Crippen LogP) is 2.35. The molecule has 0 bridgehead atoms. The summed E-state index contributed by atoms with van der Waals surface area (Å²) < 4.78 is 5.17. The number of aliphatic hydroxyl groups excluding tert-OH is 1. The number of nitrogens with zero attached hydrogens (tertiary/aromatic N) is 2. The lowest BCUT2D eigenvalue weighted by atomic mass is 9.95. The second-order valence-corrected chi connectivity index (χ2v) is 6.34. The SMILES string of the molecule is COCc1cc(NC(C)C(C)CO)nc(C(C)(C)C)n1. The van der Waals surface area contributed by atoms with E-state index in [0.717, 1.165) is 17.3 Å². The Morgan fingerprint density at radius 1 is 1.30 bits per heavy atom. The largest absolute Gasteiger partial charge is 0.396 e. The van der Waals surface area contributed by atoms with Crippen LogP contribution < -0.4 is 5.32 Å². The zero-order chi connectivity index (χ0) is 15.3. The number of anilines is 1. The molecular weight excluding hydrogens is 254 g/mol. The summed E-state index contributed by atoms with van der Waals surface area (Å²) in [5, 5.41) is 12.6. The highest BCUT2D eigenvalue weighted by Crippen LogP contribution is 2.21. The smallest absolute Gasteiger partial charge is 0.136 e. The Bertz CT molecular complexity index is 430. The first-order valence-electron chi connectivity index (χ1n) is 7.02. The Morgan fingerprint density at radius 2 is 1.95 bits per heavy atom. The Hall–Kier alpha value is -1.20. The number of nitrogens with one attached hydrogen (secondary N) is 1. The summed E-state index contributed by atoms with van der Waals surface area (Å²) in [7, 11) is 1.66. The Labute approximate surface area is 121 Å². The Balaban J connectivity index is 3.03. The second kappa shape index (κ2) is 6.99. The minimum atomic E-state index is -0.119. The van der Waals surface area contributed by atoms with Gasteiger partial charge in [0.2, 0.25) is 0 Å². The summed E-state index contributed by atoms with van der Waals surface area (Å²) in [4.78, 5) is 9.13. The van der Waals surface area contributed by atoms with E-state index in [1.54, 1.807) is 7.11 Å². The van der Waals surface area contributed by atoms with Gasteiger partial charge in [-0.05, 0) is 12.8 Å². The molecule has 0 amide bonds. The van der Waals surface area contributed by atoms with Crippen molar-refractivity contribution in [3.8, 4) is 0 Å². The number of methoxy groups -OCH3 is 1. The molecule has 114 valence electrons. The van der Waals surface area contributed by atoms with Crippen LogP contribution in [-0.2, 0) is 16.8 Å². The van der Waals surface area contributed by atoms with Gasteiger partial charge in [-0.2, -0.15) is 0 Å². The van der Waals surface area contributed by atoms with Gasteiger partial charge in [-0.1, -0.05) is 27.7 Å². The minimum absolute atomic E-state index is 0.119. The molecule has 1 aromatic heterocycles. The van der Waals surface area contributed by atoms with Crippen LogP contribution in [0.3, 0.4) is 0 Å². The van der Waals surface area contributed by atoms with E-state index in [2.05, 4.69) is 36.1 Å². The van der Waals surface area contributed by atoms with Gasteiger partial charge in [0.1, 0.15) is 11.6 Å². The van der Waals surface area contributed by atoms with Gasteiger partial charge >= 0.3 is 0 Å². The maximum atomic E-state index is 9.21. The Kier molecular flexibility index (Phi) is 5.89. The fourth-order valence-electron chi connectivity index (χ4n) is 1.66. The highest BCUT2D eigenvalue weighted by atomic mass is 16.5. The zero-order valence-electron chi connectivity index (χ0n) is 13.4. The van der Waals surface area contributed by atoms with Crippen LogP contribution in [-0.4, -0.2) is 34.8 Å². The number of aliphatic hydroxyl groups is 1. The van der Waals surface area contributed by atoms with E-state index in [1.165, 1.54) is 0 Å². The van der Waals surface area contributed by atoms with Crippen LogP contribution in [0.1, 0.15) is 46.1 Å². The molecule has 1 aromatic rings. The number of aromatic nitrogens is 2. The van der Waals surface area contributed by atoms with Gasteiger partial charge in [0, 0.05) is 31.2 Å². The number of hydrogen-bond donors (Lipinski definition) is 2. The lowest BCUT2D eigenvalue weighted by molar-refractivity contribution is 0.181. The van der Waals surface area contributed by atoms with Gasteiger partial charge in [-0.3, -0.25) is 0 Å². The maximum absolute atomic E-state index is 9.21. The third-order valence-electron chi connectivity index (χ3n) is 3.26. The molecule has 2 N–H and O–H groups in total. The maximum Gasteiger partial charge on any atom is 0.136 e. The topological polar surface area (TPSA) is 67.3 Å². The van der Waals surface area contributed by atoms with Crippen LogP contribution in [0, 0.1) is 5.92 Å². The normalized spacial score (nSPS) is 14.9. The quantitative estimate of drug-likeness (QED) is 0.838. The van der Waals surface area contributed by atoms with Gasteiger partial charge < -0.3 is 15.2 Å². The van der Waals surface area contributed by atoms with Crippen molar-refractivity contribution in [3.05, 3.63) is 17.6 Å². The molecule has 0 radical (unpaired) electrons. The van der Waals surface area contributed by atoms with Crippen molar-refractivity contribution in [2.45, 2.75) is 52.7 Å². The standard InChI is InChI=1S/C15H27N3O2/c1-10(8-19)11(2)16-13-7-12(9-20-6)17-14(18-13)15(3,4)5/h7,10-11,19H,8-9H2,1-6H3,(H,16,17,18). The van der Waals surface area contributed by atoms with E-state index in [1.807, 2.05) is 19.9 Å². The Morgan fingerprint density at radius 3 is 2.45 bits per heavy atom. The van der Waals surface area contributed by atoms with Crippen molar-refractivity contribution in [1.82, 2.24) is 9.97 Å². The first-order valence-corrected chi connectivity index (χ1v) is 7.02. The minimum Gasteiger partial charge on any atom is -0.396 e. The first-order chi connectivity index (χ1) is 9.27. The van der Waals surface area contributed by atoms with E-state index in [4.69, 9.17) is 4.74 Å². The second-order valence-electron chi connectivity index (χ2n) is 6.34. The molecule has 5 nitrogen and oxygen atoms in total. The fourth-order valence-corrected chi connectivity index (χ4v) is 1.66. The van der Waals surface area contributed by atoms with E-state index in [-0.39, 0.29) is 24.0 Å². The molecule has 0 fully saturated rings. The summed E-state index contributed by atoms with van der Waals surface area (Å²) in [6, 6.07) is 2.04. The molecule has 0 saturated heterocycles. The molecule has 20 heavy (non-hydrogen) atoms. The highest BCUT2D eigenvalue weighted by Gasteiger charge is 2.20. The van der Waals surface area contributed by atoms with Crippen molar-refractivity contribution in [3.63, 3.8) is 0 Å².